The lowest BCUT2D eigenvalue weighted by molar-refractivity contribution is 0.101. The summed E-state index contributed by atoms with van der Waals surface area (Å²) in [7, 11) is 0. The summed E-state index contributed by atoms with van der Waals surface area (Å²) < 4.78 is 0. The molecule has 1 heterocycles. The summed E-state index contributed by atoms with van der Waals surface area (Å²) in [6.45, 7) is 4.14. The molecule has 0 aliphatic carbocycles. The predicted octanol–water partition coefficient (Wildman–Crippen LogP) is 3.85. The number of nitrogens with zero attached hydrogens (tertiary/aromatic N) is 1. The molecule has 0 N–H and O–H groups in total. The molecule has 0 aliphatic heterocycles. The summed E-state index contributed by atoms with van der Waals surface area (Å²) in [6, 6.07) is 6.17. The van der Waals surface area contributed by atoms with Gasteiger partial charge in [0.1, 0.15) is 10.7 Å². The zero-order chi connectivity index (χ0) is 12.4. The van der Waals surface area contributed by atoms with Crippen molar-refractivity contribution < 1.29 is 4.79 Å². The molecule has 0 aliphatic rings. The van der Waals surface area contributed by atoms with E-state index in [4.69, 9.17) is 11.6 Å². The zero-order valence-electron chi connectivity index (χ0n) is 9.66. The van der Waals surface area contributed by atoms with Crippen molar-refractivity contribution in [1.82, 2.24) is 4.98 Å². The normalized spacial score (nSPS) is 10.5. The van der Waals surface area contributed by atoms with Crippen LogP contribution in [0.4, 0.5) is 0 Å². The smallest absolute Gasteiger partial charge is 0.196 e. The fourth-order valence-electron chi connectivity index (χ4n) is 1.48. The second-order valence-electron chi connectivity index (χ2n) is 3.89. The van der Waals surface area contributed by atoms with Crippen LogP contribution in [0.2, 0.25) is 0 Å². The van der Waals surface area contributed by atoms with E-state index in [2.05, 4.69) is 31.0 Å². The molecule has 2 rings (SSSR count). The van der Waals surface area contributed by atoms with Gasteiger partial charge in [-0.05, 0) is 31.0 Å². The highest BCUT2D eigenvalue weighted by atomic mass is 35.5. The van der Waals surface area contributed by atoms with Crippen LogP contribution in [-0.2, 0) is 0 Å². The average Bonchev–Trinajstić information content (AvgIpc) is 2.81. The minimum absolute atomic E-state index is 0.0178. The quantitative estimate of drug-likeness (QED) is 0.623. The third kappa shape index (κ3) is 2.56. The van der Waals surface area contributed by atoms with E-state index in [0.717, 1.165) is 10.6 Å². The Kier molecular flexibility index (Phi) is 3.60. The maximum atomic E-state index is 11.4. The SMILES string of the molecule is Cc1ccc(-c2nc(C(=O)CCl)cs2)cc1C. The maximum Gasteiger partial charge on any atom is 0.196 e. The Morgan fingerprint density at radius 3 is 2.76 bits per heavy atom. The van der Waals surface area contributed by atoms with Gasteiger partial charge in [-0.25, -0.2) is 4.98 Å². The molecule has 0 saturated carbocycles. The molecule has 0 spiro atoms. The third-order valence-corrected chi connectivity index (χ3v) is 3.80. The van der Waals surface area contributed by atoms with E-state index >= 15 is 0 Å². The number of hydrogen-bond acceptors (Lipinski definition) is 3. The lowest BCUT2D eigenvalue weighted by Gasteiger charge is -2.01. The van der Waals surface area contributed by atoms with E-state index < -0.39 is 0 Å². The fourth-order valence-corrected chi connectivity index (χ4v) is 2.44. The summed E-state index contributed by atoms with van der Waals surface area (Å²) in [5, 5.41) is 2.62. The third-order valence-electron chi connectivity index (χ3n) is 2.67. The number of alkyl halides is 1. The van der Waals surface area contributed by atoms with Crippen molar-refractivity contribution in [3.63, 3.8) is 0 Å². The van der Waals surface area contributed by atoms with E-state index in [-0.39, 0.29) is 11.7 Å². The van der Waals surface area contributed by atoms with Gasteiger partial charge >= 0.3 is 0 Å². The van der Waals surface area contributed by atoms with E-state index in [9.17, 15) is 4.79 Å². The van der Waals surface area contributed by atoms with Crippen molar-refractivity contribution >= 4 is 28.7 Å². The van der Waals surface area contributed by atoms with Crippen LogP contribution in [-0.4, -0.2) is 16.6 Å². The number of halogens is 1. The molecule has 1 aromatic carbocycles. The Hall–Kier alpha value is -1.19. The minimum Gasteiger partial charge on any atom is -0.291 e. The van der Waals surface area contributed by atoms with Gasteiger partial charge in [0.2, 0.25) is 0 Å². The number of Topliss-reactive ketones (excluding diaryl/α,β-unsaturated/α-hetero) is 1. The lowest BCUT2D eigenvalue weighted by Crippen LogP contribution is -2.00. The van der Waals surface area contributed by atoms with Gasteiger partial charge in [-0.2, -0.15) is 0 Å². The van der Waals surface area contributed by atoms with Gasteiger partial charge in [0.05, 0.1) is 5.88 Å². The number of hydrogen-bond donors (Lipinski definition) is 0. The fraction of sp³-hybridized carbons (Fsp3) is 0.231. The van der Waals surface area contributed by atoms with Crippen LogP contribution in [0.25, 0.3) is 10.6 Å². The Morgan fingerprint density at radius 1 is 1.35 bits per heavy atom. The van der Waals surface area contributed by atoms with Crippen LogP contribution in [0, 0.1) is 13.8 Å². The van der Waals surface area contributed by atoms with E-state index in [1.165, 1.54) is 22.5 Å². The highest BCUT2D eigenvalue weighted by Crippen LogP contribution is 2.25. The molecular formula is C13H12ClNOS. The lowest BCUT2D eigenvalue weighted by atomic mass is 10.1. The first-order valence-electron chi connectivity index (χ1n) is 5.24. The number of aryl methyl sites for hydroxylation is 2. The molecule has 2 aromatic rings. The van der Waals surface area contributed by atoms with Gasteiger partial charge < -0.3 is 0 Å². The average molecular weight is 266 g/mol. The molecule has 0 atom stereocenters. The first-order valence-corrected chi connectivity index (χ1v) is 6.65. The molecular weight excluding hydrogens is 254 g/mol. The van der Waals surface area contributed by atoms with Gasteiger partial charge in [0.25, 0.3) is 0 Å². The molecule has 17 heavy (non-hydrogen) atoms. The molecule has 0 fully saturated rings. The Morgan fingerprint density at radius 2 is 2.12 bits per heavy atom. The molecule has 0 radical (unpaired) electrons. The number of benzene rings is 1. The summed E-state index contributed by atoms with van der Waals surface area (Å²) in [6.07, 6.45) is 0. The molecule has 4 heteroatoms. The molecule has 0 bridgehead atoms. The number of carbonyl (C=O) groups is 1. The Bertz CT molecular complexity index is 562. The number of rotatable bonds is 3. The maximum absolute atomic E-state index is 11.4. The summed E-state index contributed by atoms with van der Waals surface area (Å²) in [5.41, 5.74) is 3.98. The number of ketones is 1. The Balaban J connectivity index is 2.37. The monoisotopic (exact) mass is 265 g/mol. The minimum atomic E-state index is -0.127. The van der Waals surface area contributed by atoms with Gasteiger partial charge in [-0.3, -0.25) is 4.79 Å². The van der Waals surface area contributed by atoms with Gasteiger partial charge in [-0.1, -0.05) is 12.1 Å². The van der Waals surface area contributed by atoms with Crippen molar-refractivity contribution in [2.45, 2.75) is 13.8 Å². The first-order chi connectivity index (χ1) is 8.11. The molecule has 88 valence electrons. The number of thiazole rings is 1. The second-order valence-corrected chi connectivity index (χ2v) is 5.02. The van der Waals surface area contributed by atoms with Crippen LogP contribution >= 0.6 is 22.9 Å². The van der Waals surface area contributed by atoms with Gasteiger partial charge in [-0.15, -0.1) is 22.9 Å². The highest BCUT2D eigenvalue weighted by Gasteiger charge is 2.10. The molecule has 1 aromatic heterocycles. The van der Waals surface area contributed by atoms with Gasteiger partial charge in [0, 0.05) is 10.9 Å². The van der Waals surface area contributed by atoms with Gasteiger partial charge in [0.15, 0.2) is 5.78 Å². The van der Waals surface area contributed by atoms with Crippen molar-refractivity contribution in [2.75, 3.05) is 5.88 Å². The topological polar surface area (TPSA) is 30.0 Å². The summed E-state index contributed by atoms with van der Waals surface area (Å²) in [5.74, 6) is -0.145. The summed E-state index contributed by atoms with van der Waals surface area (Å²) in [4.78, 5) is 15.7. The number of aromatic nitrogens is 1. The predicted molar refractivity (Wildman–Crippen MR) is 72.1 cm³/mol. The van der Waals surface area contributed by atoms with Crippen molar-refractivity contribution in [1.29, 1.82) is 0 Å². The largest absolute Gasteiger partial charge is 0.291 e. The second kappa shape index (κ2) is 4.98. The molecule has 0 saturated heterocycles. The van der Waals surface area contributed by atoms with Crippen LogP contribution < -0.4 is 0 Å². The van der Waals surface area contributed by atoms with Crippen LogP contribution in [0.3, 0.4) is 0 Å². The highest BCUT2D eigenvalue weighted by molar-refractivity contribution is 7.13. The van der Waals surface area contributed by atoms with Crippen LogP contribution in [0.1, 0.15) is 21.6 Å². The van der Waals surface area contributed by atoms with Crippen molar-refractivity contribution in [3.8, 4) is 10.6 Å². The molecule has 0 amide bonds. The van der Waals surface area contributed by atoms with Crippen LogP contribution in [0.15, 0.2) is 23.6 Å². The van der Waals surface area contributed by atoms with E-state index in [1.807, 2.05) is 6.07 Å². The number of carbonyl (C=O) groups excluding carboxylic acids is 1. The summed E-state index contributed by atoms with van der Waals surface area (Å²) >= 11 is 6.97. The van der Waals surface area contributed by atoms with Crippen molar-refractivity contribution in [2.24, 2.45) is 0 Å². The van der Waals surface area contributed by atoms with Crippen molar-refractivity contribution in [3.05, 3.63) is 40.4 Å². The molecule has 2 nitrogen and oxygen atoms in total. The van der Waals surface area contributed by atoms with E-state index in [0.29, 0.717) is 5.69 Å². The zero-order valence-corrected chi connectivity index (χ0v) is 11.2. The molecule has 0 unspecified atom stereocenters. The Labute approximate surface area is 109 Å². The standard InChI is InChI=1S/C13H12ClNOS/c1-8-3-4-10(5-9(8)2)13-15-11(7-17-13)12(16)6-14/h3-5,7H,6H2,1-2H3. The van der Waals surface area contributed by atoms with Crippen LogP contribution in [0.5, 0.6) is 0 Å². The first kappa shape index (κ1) is 12.3. The van der Waals surface area contributed by atoms with E-state index in [1.54, 1.807) is 5.38 Å².